The highest BCUT2D eigenvalue weighted by molar-refractivity contribution is 6.25. The molecule has 3 aliphatic heterocycles. The summed E-state index contributed by atoms with van der Waals surface area (Å²) in [5.41, 5.74) is 2.50. The molecule has 0 saturated carbocycles. The summed E-state index contributed by atoms with van der Waals surface area (Å²) in [6.45, 7) is -3.26. The molecule has 202 valence electrons. The number of carbonyl (C=O) groups excluding carboxylic acids is 3. The number of nitrogens with zero attached hydrogens (tertiary/aromatic N) is 6. The Kier molecular flexibility index (Phi) is 6.50. The number of hydrazone groups is 1. The largest absolute Gasteiger partial charge is 0.435 e. The lowest BCUT2D eigenvalue weighted by molar-refractivity contribution is -0.135. The zero-order valence-electron chi connectivity index (χ0n) is 20.9. The van der Waals surface area contributed by atoms with Gasteiger partial charge >= 0.3 is 6.61 Å². The Balaban J connectivity index is 1.24. The zero-order chi connectivity index (χ0) is 27.8. The molecule has 3 aliphatic rings. The van der Waals surface area contributed by atoms with Crippen molar-refractivity contribution in [3.63, 3.8) is 0 Å². The molecule has 0 unspecified atom stereocenters. The minimum absolute atomic E-state index is 0.0131. The number of ether oxygens (including phenoxy) is 1. The van der Waals surface area contributed by atoms with E-state index in [4.69, 9.17) is 0 Å². The van der Waals surface area contributed by atoms with Gasteiger partial charge in [-0.05, 0) is 47.5 Å². The first-order chi connectivity index (χ1) is 19.4. The number of imide groups is 1. The van der Waals surface area contributed by atoms with Crippen molar-refractivity contribution in [2.45, 2.75) is 31.2 Å². The normalized spacial score (nSPS) is 21.8. The molecule has 3 atom stereocenters. The van der Waals surface area contributed by atoms with Gasteiger partial charge in [0.2, 0.25) is 0 Å². The second-order valence-electron chi connectivity index (χ2n) is 9.36. The second kappa shape index (κ2) is 10.3. The number of anilines is 1. The van der Waals surface area contributed by atoms with Gasteiger partial charge < -0.3 is 4.74 Å². The van der Waals surface area contributed by atoms with E-state index < -0.39 is 42.5 Å². The molecule has 1 saturated heterocycles. The van der Waals surface area contributed by atoms with Gasteiger partial charge in [0.1, 0.15) is 12.3 Å². The summed E-state index contributed by atoms with van der Waals surface area (Å²) in [4.78, 5) is 40.9. The summed E-state index contributed by atoms with van der Waals surface area (Å²) in [6, 6.07) is 21.4. The van der Waals surface area contributed by atoms with Crippen LogP contribution in [0.3, 0.4) is 0 Å². The van der Waals surface area contributed by atoms with E-state index in [1.54, 1.807) is 42.5 Å². The summed E-state index contributed by atoms with van der Waals surface area (Å²) in [5.74, 6) is -1.43. The molecule has 40 heavy (non-hydrogen) atoms. The number of alkyl halides is 2. The summed E-state index contributed by atoms with van der Waals surface area (Å²) >= 11 is 0. The third-order valence-corrected chi connectivity index (χ3v) is 6.93. The number of fused-ring (bicyclic) bond motifs is 1. The Morgan fingerprint density at radius 1 is 0.925 bits per heavy atom. The lowest BCUT2D eigenvalue weighted by Crippen LogP contribution is -2.44. The molecule has 0 N–H and O–H groups in total. The standard InChI is InChI=1S/C28H22F2N6O4/c29-28(30)40-20-13-11-17(12-14-20)21-15-22(18-7-3-1-4-8-18)36(32-21)23(37)16-34-25-24(31-33-34)26(38)35(27(25)39)19-9-5-2-6-10-19/h1-14,22,24-25,28H,15-16H2/t22-,24+,25-/m1/s1. The maximum Gasteiger partial charge on any atom is 0.387 e. The molecule has 3 amide bonds. The maximum atomic E-state index is 13.6. The molecule has 3 heterocycles. The third-order valence-electron chi connectivity index (χ3n) is 6.93. The van der Waals surface area contributed by atoms with Crippen molar-refractivity contribution in [2.24, 2.45) is 15.4 Å². The number of rotatable bonds is 7. The molecule has 6 rings (SSSR count). The van der Waals surface area contributed by atoms with Gasteiger partial charge in [0.05, 0.1) is 17.4 Å². The zero-order valence-corrected chi connectivity index (χ0v) is 20.9. The third kappa shape index (κ3) is 4.57. The highest BCUT2D eigenvalue weighted by atomic mass is 19.3. The highest BCUT2D eigenvalue weighted by Crippen LogP contribution is 2.35. The Morgan fingerprint density at radius 2 is 1.60 bits per heavy atom. The van der Waals surface area contributed by atoms with E-state index in [1.807, 2.05) is 30.3 Å². The fraction of sp³-hybridized carbons (Fsp3) is 0.214. The van der Waals surface area contributed by atoms with Crippen LogP contribution in [0, 0.1) is 0 Å². The molecule has 0 radical (unpaired) electrons. The topological polar surface area (TPSA) is 107 Å². The van der Waals surface area contributed by atoms with E-state index in [0.29, 0.717) is 23.4 Å². The lowest BCUT2D eigenvalue weighted by atomic mass is 9.98. The minimum Gasteiger partial charge on any atom is -0.435 e. The van der Waals surface area contributed by atoms with E-state index in [2.05, 4.69) is 20.2 Å². The van der Waals surface area contributed by atoms with Crippen LogP contribution in [0.5, 0.6) is 5.75 Å². The summed E-state index contributed by atoms with van der Waals surface area (Å²) < 4.78 is 29.5. The van der Waals surface area contributed by atoms with Crippen molar-refractivity contribution in [2.75, 3.05) is 11.4 Å². The van der Waals surface area contributed by atoms with Gasteiger partial charge in [-0.1, -0.05) is 53.8 Å². The fourth-order valence-corrected chi connectivity index (χ4v) is 5.07. The van der Waals surface area contributed by atoms with Crippen LogP contribution in [0.25, 0.3) is 0 Å². The van der Waals surface area contributed by atoms with Gasteiger partial charge in [-0.3, -0.25) is 19.4 Å². The van der Waals surface area contributed by atoms with Crippen molar-refractivity contribution in [1.29, 1.82) is 0 Å². The van der Waals surface area contributed by atoms with Crippen LogP contribution in [0.15, 0.2) is 100 Å². The molecular formula is C28H22F2N6O4. The van der Waals surface area contributed by atoms with Crippen molar-refractivity contribution < 1.29 is 27.9 Å². The Labute approximate surface area is 227 Å². The minimum atomic E-state index is -2.94. The number of para-hydroxylation sites is 1. The molecule has 1 fully saturated rings. The lowest BCUT2D eigenvalue weighted by Gasteiger charge is -2.25. The smallest absolute Gasteiger partial charge is 0.387 e. The van der Waals surface area contributed by atoms with Gasteiger partial charge in [0.15, 0.2) is 12.1 Å². The molecule has 3 aromatic carbocycles. The first kappa shape index (κ1) is 25.3. The van der Waals surface area contributed by atoms with E-state index in [9.17, 15) is 23.2 Å². The van der Waals surface area contributed by atoms with Crippen LogP contribution >= 0.6 is 0 Å². The molecule has 0 spiro atoms. The van der Waals surface area contributed by atoms with Crippen molar-refractivity contribution >= 4 is 29.1 Å². The van der Waals surface area contributed by atoms with Crippen molar-refractivity contribution in [3.05, 3.63) is 96.1 Å². The number of carbonyl (C=O) groups is 3. The average Bonchev–Trinajstić information content (AvgIpc) is 3.65. The van der Waals surface area contributed by atoms with Crippen LogP contribution in [-0.4, -0.2) is 58.7 Å². The molecule has 3 aromatic rings. The maximum absolute atomic E-state index is 13.6. The summed E-state index contributed by atoms with van der Waals surface area (Å²) in [5, 5.41) is 15.1. The van der Waals surface area contributed by atoms with Gasteiger partial charge in [-0.2, -0.15) is 19.0 Å². The first-order valence-corrected chi connectivity index (χ1v) is 12.5. The van der Waals surface area contributed by atoms with Crippen LogP contribution in [0.2, 0.25) is 0 Å². The molecule has 0 bridgehead atoms. The SMILES string of the molecule is O=C1[C@H]2N=NN(CC(=O)N3N=C(c4ccc(OC(F)F)cc4)C[C@@H]3c3ccccc3)[C@H]2C(=O)N1c1ccccc1. The predicted molar refractivity (Wildman–Crippen MR) is 138 cm³/mol. The van der Waals surface area contributed by atoms with Gasteiger partial charge in [0, 0.05) is 6.42 Å². The first-order valence-electron chi connectivity index (χ1n) is 12.5. The number of hydrogen-bond donors (Lipinski definition) is 0. The quantitative estimate of drug-likeness (QED) is 0.419. The Bertz CT molecular complexity index is 1500. The van der Waals surface area contributed by atoms with Crippen LogP contribution in [0.4, 0.5) is 14.5 Å². The Morgan fingerprint density at radius 3 is 2.27 bits per heavy atom. The molecule has 12 heteroatoms. The number of amides is 3. The van der Waals surface area contributed by atoms with Crippen LogP contribution in [-0.2, 0) is 14.4 Å². The number of benzene rings is 3. The van der Waals surface area contributed by atoms with E-state index in [0.717, 1.165) is 10.5 Å². The van der Waals surface area contributed by atoms with Crippen LogP contribution < -0.4 is 9.64 Å². The van der Waals surface area contributed by atoms with Crippen LogP contribution in [0.1, 0.15) is 23.6 Å². The van der Waals surface area contributed by atoms with Crippen molar-refractivity contribution in [3.8, 4) is 5.75 Å². The number of hydrogen-bond acceptors (Lipinski definition) is 8. The van der Waals surface area contributed by atoms with Gasteiger partial charge in [-0.15, -0.1) is 0 Å². The second-order valence-corrected chi connectivity index (χ2v) is 9.36. The molecule has 0 aliphatic carbocycles. The molecule has 0 aromatic heterocycles. The van der Waals surface area contributed by atoms with E-state index in [-0.39, 0.29) is 12.3 Å². The summed E-state index contributed by atoms with van der Waals surface area (Å²) in [7, 11) is 0. The molecule has 10 nitrogen and oxygen atoms in total. The number of halogens is 2. The monoisotopic (exact) mass is 544 g/mol. The summed E-state index contributed by atoms with van der Waals surface area (Å²) in [6.07, 6.45) is 0.373. The van der Waals surface area contributed by atoms with Gasteiger partial charge in [-0.25, -0.2) is 9.91 Å². The average molecular weight is 545 g/mol. The van der Waals surface area contributed by atoms with Crippen molar-refractivity contribution in [1.82, 2.24) is 10.0 Å². The Hall–Kier alpha value is -5.00. The van der Waals surface area contributed by atoms with E-state index in [1.165, 1.54) is 22.2 Å². The molecular weight excluding hydrogens is 522 g/mol. The van der Waals surface area contributed by atoms with Gasteiger partial charge in [0.25, 0.3) is 17.7 Å². The fourth-order valence-electron chi connectivity index (χ4n) is 5.07. The van der Waals surface area contributed by atoms with E-state index >= 15 is 0 Å². The highest BCUT2D eigenvalue weighted by Gasteiger charge is 2.55. The predicted octanol–water partition coefficient (Wildman–Crippen LogP) is 3.96.